The van der Waals surface area contributed by atoms with E-state index in [0.717, 1.165) is 6.42 Å². The Balaban J connectivity index is 2.62. The second-order valence-corrected chi connectivity index (χ2v) is 4.43. The molecule has 0 spiro atoms. The van der Waals surface area contributed by atoms with Crippen LogP contribution in [0.2, 0.25) is 0 Å². The Kier molecular flexibility index (Phi) is 3.74. The summed E-state index contributed by atoms with van der Waals surface area (Å²) in [6, 6.07) is 1.98. The highest BCUT2D eigenvalue weighted by Crippen LogP contribution is 2.36. The van der Waals surface area contributed by atoms with Gasteiger partial charge in [0.25, 0.3) is 0 Å². The lowest BCUT2D eigenvalue weighted by atomic mass is 9.71. The molecule has 0 aromatic heterocycles. The fraction of sp³-hybridized carbons (Fsp3) is 0.909. The summed E-state index contributed by atoms with van der Waals surface area (Å²) in [4.78, 5) is 0. The van der Waals surface area contributed by atoms with E-state index in [-0.39, 0.29) is 5.92 Å². The zero-order valence-electron chi connectivity index (χ0n) is 8.53. The number of aliphatic hydroxyl groups is 1. The Labute approximate surface area is 80.6 Å². The Morgan fingerprint density at radius 2 is 1.77 bits per heavy atom. The average molecular weight is 181 g/mol. The first kappa shape index (κ1) is 10.5. The first-order valence-electron chi connectivity index (χ1n) is 5.24. The zero-order valence-corrected chi connectivity index (χ0v) is 8.53. The van der Waals surface area contributed by atoms with Crippen molar-refractivity contribution < 1.29 is 5.11 Å². The molecule has 0 saturated heterocycles. The van der Waals surface area contributed by atoms with E-state index >= 15 is 0 Å². The quantitative estimate of drug-likeness (QED) is 0.664. The van der Waals surface area contributed by atoms with Gasteiger partial charge >= 0.3 is 0 Å². The monoisotopic (exact) mass is 181 g/mol. The molecule has 13 heavy (non-hydrogen) atoms. The largest absolute Gasteiger partial charge is 0.378 e. The minimum atomic E-state index is -0.743. The molecule has 0 aliphatic heterocycles. The van der Waals surface area contributed by atoms with Crippen LogP contribution < -0.4 is 0 Å². The van der Waals surface area contributed by atoms with Gasteiger partial charge in [-0.1, -0.05) is 26.7 Å². The molecule has 1 saturated carbocycles. The highest BCUT2D eigenvalue weighted by molar-refractivity contribution is 4.93. The Morgan fingerprint density at radius 1 is 1.23 bits per heavy atom. The molecule has 0 radical (unpaired) electrons. The third kappa shape index (κ3) is 2.45. The molecule has 0 heterocycles. The van der Waals surface area contributed by atoms with Gasteiger partial charge < -0.3 is 5.11 Å². The van der Waals surface area contributed by atoms with Crippen LogP contribution in [0.3, 0.4) is 0 Å². The molecule has 0 bridgehead atoms. The van der Waals surface area contributed by atoms with Crippen LogP contribution in [0.25, 0.3) is 0 Å². The fourth-order valence-electron chi connectivity index (χ4n) is 2.50. The maximum Gasteiger partial charge on any atom is 0.143 e. The van der Waals surface area contributed by atoms with Gasteiger partial charge in [0, 0.05) is 5.92 Å². The van der Waals surface area contributed by atoms with Crippen LogP contribution in [0.15, 0.2) is 0 Å². The van der Waals surface area contributed by atoms with E-state index in [9.17, 15) is 5.11 Å². The van der Waals surface area contributed by atoms with E-state index in [1.165, 1.54) is 19.3 Å². The van der Waals surface area contributed by atoms with Gasteiger partial charge in [-0.15, -0.1) is 0 Å². The molecule has 2 heteroatoms. The van der Waals surface area contributed by atoms with E-state index in [1.807, 2.05) is 6.07 Å². The molecular formula is C11H19NO. The number of rotatable bonds is 2. The second-order valence-electron chi connectivity index (χ2n) is 4.43. The minimum Gasteiger partial charge on any atom is -0.378 e. The Hall–Kier alpha value is -0.550. The van der Waals surface area contributed by atoms with Crippen LogP contribution in [-0.4, -0.2) is 11.2 Å². The third-order valence-electron chi connectivity index (χ3n) is 3.27. The van der Waals surface area contributed by atoms with Crippen molar-refractivity contribution >= 4 is 0 Å². The van der Waals surface area contributed by atoms with Gasteiger partial charge in [-0.2, -0.15) is 5.26 Å². The topological polar surface area (TPSA) is 44.0 Å². The molecule has 1 N–H and O–H groups in total. The number of nitrogens with zero attached hydrogens (tertiary/aromatic N) is 1. The van der Waals surface area contributed by atoms with E-state index in [4.69, 9.17) is 5.26 Å². The van der Waals surface area contributed by atoms with Crippen LogP contribution in [0.5, 0.6) is 0 Å². The summed E-state index contributed by atoms with van der Waals surface area (Å²) in [5, 5.41) is 18.2. The van der Waals surface area contributed by atoms with Crippen LogP contribution in [0.1, 0.15) is 39.5 Å². The molecule has 74 valence electrons. The first-order chi connectivity index (χ1) is 6.16. The van der Waals surface area contributed by atoms with Crippen LogP contribution in [0.4, 0.5) is 0 Å². The summed E-state index contributed by atoms with van der Waals surface area (Å²) < 4.78 is 0. The average Bonchev–Trinajstić information content (AvgIpc) is 2.16. The third-order valence-corrected chi connectivity index (χ3v) is 3.27. The minimum absolute atomic E-state index is 0.221. The molecule has 3 atom stereocenters. The zero-order chi connectivity index (χ0) is 9.84. The van der Waals surface area contributed by atoms with Gasteiger partial charge in [-0.3, -0.25) is 0 Å². The first-order valence-corrected chi connectivity index (χ1v) is 5.24. The summed E-state index contributed by atoms with van der Waals surface area (Å²) in [6.07, 6.45) is 3.90. The molecule has 2 nitrogen and oxygen atoms in total. The van der Waals surface area contributed by atoms with Crippen molar-refractivity contribution in [3.8, 4) is 6.07 Å². The highest BCUT2D eigenvalue weighted by Gasteiger charge is 2.32. The lowest BCUT2D eigenvalue weighted by Gasteiger charge is -2.35. The molecule has 1 rings (SSSR count). The van der Waals surface area contributed by atoms with Crippen molar-refractivity contribution in [3.63, 3.8) is 0 Å². The van der Waals surface area contributed by atoms with E-state index in [0.29, 0.717) is 11.8 Å². The number of nitriles is 1. The van der Waals surface area contributed by atoms with Crippen molar-refractivity contribution in [3.05, 3.63) is 0 Å². The summed E-state index contributed by atoms with van der Waals surface area (Å²) in [5.41, 5.74) is 0. The smallest absolute Gasteiger partial charge is 0.143 e. The van der Waals surface area contributed by atoms with E-state index in [1.54, 1.807) is 0 Å². The standard InChI is InChI=1S/C11H19NO/c1-8(2)9-5-3-4-6-10(9)11(13)7-12/h8-11,13H,3-6H2,1-2H3. The van der Waals surface area contributed by atoms with Crippen molar-refractivity contribution in [1.82, 2.24) is 0 Å². The normalized spacial score (nSPS) is 31.3. The molecule has 1 aliphatic carbocycles. The number of hydrogen-bond donors (Lipinski definition) is 1. The second kappa shape index (κ2) is 4.62. The molecule has 1 aliphatic rings. The Bertz CT molecular complexity index is 195. The van der Waals surface area contributed by atoms with Crippen LogP contribution >= 0.6 is 0 Å². The van der Waals surface area contributed by atoms with Gasteiger partial charge in [-0.25, -0.2) is 0 Å². The summed E-state index contributed by atoms with van der Waals surface area (Å²) in [6.45, 7) is 4.38. The van der Waals surface area contributed by atoms with Crippen LogP contribution in [0, 0.1) is 29.1 Å². The molecule has 0 amide bonds. The van der Waals surface area contributed by atoms with E-state index in [2.05, 4.69) is 13.8 Å². The van der Waals surface area contributed by atoms with Crippen molar-refractivity contribution in [2.75, 3.05) is 0 Å². The summed E-state index contributed by atoms with van der Waals surface area (Å²) in [7, 11) is 0. The van der Waals surface area contributed by atoms with Crippen molar-refractivity contribution in [2.24, 2.45) is 17.8 Å². The fourth-order valence-corrected chi connectivity index (χ4v) is 2.50. The number of hydrogen-bond acceptors (Lipinski definition) is 2. The maximum absolute atomic E-state index is 9.54. The number of aliphatic hydroxyl groups excluding tert-OH is 1. The summed E-state index contributed by atoms with van der Waals surface area (Å²) in [5.74, 6) is 1.36. The molecule has 1 fully saturated rings. The highest BCUT2D eigenvalue weighted by atomic mass is 16.3. The van der Waals surface area contributed by atoms with Gasteiger partial charge in [0.05, 0.1) is 6.07 Å². The lowest BCUT2D eigenvalue weighted by molar-refractivity contribution is 0.0645. The summed E-state index contributed by atoms with van der Waals surface area (Å²) >= 11 is 0. The SMILES string of the molecule is CC(C)C1CCCCC1C(O)C#N. The van der Waals surface area contributed by atoms with Gasteiger partial charge in [0.2, 0.25) is 0 Å². The molecule has 0 aromatic carbocycles. The van der Waals surface area contributed by atoms with Crippen molar-refractivity contribution in [2.45, 2.75) is 45.6 Å². The predicted molar refractivity (Wildman–Crippen MR) is 51.9 cm³/mol. The van der Waals surface area contributed by atoms with Gasteiger partial charge in [0.1, 0.15) is 6.10 Å². The molecule has 0 aromatic rings. The van der Waals surface area contributed by atoms with E-state index < -0.39 is 6.10 Å². The maximum atomic E-state index is 9.54. The van der Waals surface area contributed by atoms with Crippen molar-refractivity contribution in [1.29, 1.82) is 5.26 Å². The lowest BCUT2D eigenvalue weighted by Crippen LogP contribution is -2.32. The molecular weight excluding hydrogens is 162 g/mol. The predicted octanol–water partition coefficient (Wildman–Crippen LogP) is 2.33. The van der Waals surface area contributed by atoms with Crippen LogP contribution in [-0.2, 0) is 0 Å². The van der Waals surface area contributed by atoms with Gasteiger partial charge in [0.15, 0.2) is 0 Å². The Morgan fingerprint density at radius 3 is 2.23 bits per heavy atom. The van der Waals surface area contributed by atoms with Gasteiger partial charge in [-0.05, 0) is 24.7 Å². The molecule has 3 unspecified atom stereocenters.